The van der Waals surface area contributed by atoms with E-state index in [1.807, 2.05) is 18.2 Å². The summed E-state index contributed by atoms with van der Waals surface area (Å²) in [6.07, 6.45) is 13.6. The molecule has 122 valence electrons. The van der Waals surface area contributed by atoms with E-state index in [0.29, 0.717) is 32.3 Å². The number of esters is 1. The lowest BCUT2D eigenvalue weighted by atomic mass is 10.1. The van der Waals surface area contributed by atoms with Crippen LogP contribution in [-0.2, 0) is 9.53 Å². The Kier molecular flexibility index (Phi) is 14.4. The summed E-state index contributed by atoms with van der Waals surface area (Å²) in [4.78, 5) is 11.2. The fraction of sp³-hybridized carbons (Fsp3) is 0.706. The minimum Gasteiger partial charge on any atom is -0.465 e. The maximum Gasteiger partial charge on any atom is 0.305 e. The Morgan fingerprint density at radius 1 is 1.19 bits per heavy atom. The van der Waals surface area contributed by atoms with Gasteiger partial charge in [0.1, 0.15) is 0 Å². The maximum absolute atomic E-state index is 11.2. The van der Waals surface area contributed by atoms with E-state index >= 15 is 0 Å². The SMILES string of the molecule is CCCCC[C@H](O)/C=C/C=C\CCOC(=O)CCCCO. The van der Waals surface area contributed by atoms with Crippen molar-refractivity contribution in [1.29, 1.82) is 0 Å². The van der Waals surface area contributed by atoms with Crippen molar-refractivity contribution in [2.24, 2.45) is 0 Å². The predicted octanol–water partition coefficient (Wildman–Crippen LogP) is 3.14. The zero-order valence-corrected chi connectivity index (χ0v) is 13.2. The van der Waals surface area contributed by atoms with Gasteiger partial charge in [-0.3, -0.25) is 4.79 Å². The lowest BCUT2D eigenvalue weighted by Gasteiger charge is -2.03. The highest BCUT2D eigenvalue weighted by Gasteiger charge is 2.00. The molecular weight excluding hydrogens is 268 g/mol. The van der Waals surface area contributed by atoms with Crippen molar-refractivity contribution < 1.29 is 19.7 Å². The number of carbonyl (C=O) groups is 1. The van der Waals surface area contributed by atoms with Gasteiger partial charge in [-0.2, -0.15) is 0 Å². The number of hydrogen-bond donors (Lipinski definition) is 2. The smallest absolute Gasteiger partial charge is 0.305 e. The van der Waals surface area contributed by atoms with Crippen LogP contribution in [0, 0.1) is 0 Å². The highest BCUT2D eigenvalue weighted by Crippen LogP contribution is 2.04. The summed E-state index contributed by atoms with van der Waals surface area (Å²) in [5, 5.41) is 18.2. The summed E-state index contributed by atoms with van der Waals surface area (Å²) < 4.78 is 5.04. The Morgan fingerprint density at radius 2 is 2.00 bits per heavy atom. The number of allylic oxidation sites excluding steroid dienone is 2. The predicted molar refractivity (Wildman–Crippen MR) is 84.9 cm³/mol. The van der Waals surface area contributed by atoms with Crippen molar-refractivity contribution in [1.82, 2.24) is 0 Å². The minimum atomic E-state index is -0.370. The Hall–Kier alpha value is -1.13. The molecule has 0 rings (SSSR count). The molecule has 21 heavy (non-hydrogen) atoms. The summed E-state index contributed by atoms with van der Waals surface area (Å²) in [7, 11) is 0. The van der Waals surface area contributed by atoms with E-state index in [1.54, 1.807) is 6.08 Å². The number of ether oxygens (including phenoxy) is 1. The van der Waals surface area contributed by atoms with Crippen LogP contribution >= 0.6 is 0 Å². The van der Waals surface area contributed by atoms with Crippen molar-refractivity contribution in [2.45, 2.75) is 64.4 Å². The molecule has 0 bridgehead atoms. The monoisotopic (exact) mass is 298 g/mol. The van der Waals surface area contributed by atoms with Gasteiger partial charge in [0.05, 0.1) is 12.7 Å². The molecule has 0 radical (unpaired) electrons. The van der Waals surface area contributed by atoms with E-state index in [2.05, 4.69) is 6.92 Å². The van der Waals surface area contributed by atoms with Crippen LogP contribution in [0.15, 0.2) is 24.3 Å². The number of hydrogen-bond acceptors (Lipinski definition) is 4. The molecule has 0 aliphatic heterocycles. The maximum atomic E-state index is 11.2. The second kappa shape index (κ2) is 15.3. The van der Waals surface area contributed by atoms with Crippen molar-refractivity contribution >= 4 is 5.97 Å². The van der Waals surface area contributed by atoms with Crippen molar-refractivity contribution in [2.75, 3.05) is 13.2 Å². The molecule has 0 spiro atoms. The van der Waals surface area contributed by atoms with E-state index in [-0.39, 0.29) is 18.7 Å². The fourth-order valence-electron chi connectivity index (χ4n) is 1.76. The highest BCUT2D eigenvalue weighted by atomic mass is 16.5. The number of aliphatic hydroxyl groups excluding tert-OH is 2. The summed E-state index contributed by atoms with van der Waals surface area (Å²) in [5.41, 5.74) is 0. The minimum absolute atomic E-state index is 0.118. The van der Waals surface area contributed by atoms with Crippen LogP contribution in [0.5, 0.6) is 0 Å². The second-order valence-electron chi connectivity index (χ2n) is 5.07. The van der Waals surface area contributed by atoms with E-state index in [1.165, 1.54) is 0 Å². The van der Waals surface area contributed by atoms with Crippen molar-refractivity contribution in [3.05, 3.63) is 24.3 Å². The van der Waals surface area contributed by atoms with Crippen LogP contribution < -0.4 is 0 Å². The summed E-state index contributed by atoms with van der Waals surface area (Å²) >= 11 is 0. The summed E-state index contributed by atoms with van der Waals surface area (Å²) in [5.74, 6) is -0.210. The van der Waals surface area contributed by atoms with Crippen molar-refractivity contribution in [3.8, 4) is 0 Å². The van der Waals surface area contributed by atoms with Crippen LogP contribution in [-0.4, -0.2) is 35.5 Å². The van der Waals surface area contributed by atoms with Gasteiger partial charge in [0, 0.05) is 13.0 Å². The highest BCUT2D eigenvalue weighted by molar-refractivity contribution is 5.69. The standard InChI is InChI=1S/C17H30O4/c1-2-3-6-11-16(19)12-7-4-5-10-15-21-17(20)13-8-9-14-18/h4-5,7,12,16,18-19H,2-3,6,8-11,13-15H2,1H3/b5-4-,12-7+/t16-/m0/s1. The van der Waals surface area contributed by atoms with Crippen LogP contribution in [0.1, 0.15) is 58.3 Å². The first-order valence-corrected chi connectivity index (χ1v) is 7.98. The van der Waals surface area contributed by atoms with Gasteiger partial charge >= 0.3 is 5.97 Å². The molecule has 0 aliphatic rings. The topological polar surface area (TPSA) is 66.8 Å². The normalized spacial score (nSPS) is 13.1. The van der Waals surface area contributed by atoms with Gasteiger partial charge < -0.3 is 14.9 Å². The van der Waals surface area contributed by atoms with Gasteiger partial charge in [-0.05, 0) is 25.7 Å². The van der Waals surface area contributed by atoms with E-state index in [9.17, 15) is 9.90 Å². The molecule has 0 aromatic heterocycles. The average Bonchev–Trinajstić information content (AvgIpc) is 2.47. The van der Waals surface area contributed by atoms with E-state index in [0.717, 1.165) is 25.7 Å². The van der Waals surface area contributed by atoms with Gasteiger partial charge in [0.25, 0.3) is 0 Å². The molecule has 0 aromatic carbocycles. The Balaban J connectivity index is 3.52. The largest absolute Gasteiger partial charge is 0.465 e. The number of rotatable bonds is 13. The van der Waals surface area contributed by atoms with Crippen LogP contribution in [0.3, 0.4) is 0 Å². The molecule has 0 unspecified atom stereocenters. The molecule has 0 saturated heterocycles. The first-order chi connectivity index (χ1) is 10.2. The molecule has 0 aliphatic carbocycles. The van der Waals surface area contributed by atoms with Crippen molar-refractivity contribution in [3.63, 3.8) is 0 Å². The van der Waals surface area contributed by atoms with E-state index in [4.69, 9.17) is 9.84 Å². The third-order valence-electron chi connectivity index (χ3n) is 3.02. The third kappa shape index (κ3) is 15.1. The molecule has 0 saturated carbocycles. The number of unbranched alkanes of at least 4 members (excludes halogenated alkanes) is 3. The molecule has 2 N–H and O–H groups in total. The van der Waals surface area contributed by atoms with Crippen LogP contribution in [0.2, 0.25) is 0 Å². The fourth-order valence-corrected chi connectivity index (χ4v) is 1.76. The van der Waals surface area contributed by atoms with E-state index < -0.39 is 0 Å². The Labute approximate surface area is 128 Å². The average molecular weight is 298 g/mol. The molecule has 4 heteroatoms. The molecular formula is C17H30O4. The zero-order valence-electron chi connectivity index (χ0n) is 13.2. The van der Waals surface area contributed by atoms with Gasteiger partial charge in [0.2, 0.25) is 0 Å². The molecule has 0 fully saturated rings. The lowest BCUT2D eigenvalue weighted by molar-refractivity contribution is -0.143. The number of aliphatic hydroxyl groups is 2. The molecule has 0 aromatic rings. The second-order valence-corrected chi connectivity index (χ2v) is 5.07. The Bertz CT molecular complexity index is 297. The van der Waals surface area contributed by atoms with Gasteiger partial charge in [0.15, 0.2) is 0 Å². The summed E-state index contributed by atoms with van der Waals surface area (Å²) in [6.45, 7) is 2.64. The molecule has 1 atom stereocenters. The third-order valence-corrected chi connectivity index (χ3v) is 3.02. The van der Waals surface area contributed by atoms with Crippen LogP contribution in [0.4, 0.5) is 0 Å². The molecule has 4 nitrogen and oxygen atoms in total. The first-order valence-electron chi connectivity index (χ1n) is 7.98. The Morgan fingerprint density at radius 3 is 2.71 bits per heavy atom. The molecule has 0 amide bonds. The number of carbonyl (C=O) groups excluding carboxylic acids is 1. The van der Waals surface area contributed by atoms with Gasteiger partial charge in [-0.1, -0.05) is 50.5 Å². The zero-order chi connectivity index (χ0) is 15.8. The van der Waals surface area contributed by atoms with Gasteiger partial charge in [-0.15, -0.1) is 0 Å². The quantitative estimate of drug-likeness (QED) is 0.311. The molecule has 0 heterocycles. The van der Waals surface area contributed by atoms with Gasteiger partial charge in [-0.25, -0.2) is 0 Å². The van der Waals surface area contributed by atoms with Crippen LogP contribution in [0.25, 0.3) is 0 Å². The summed E-state index contributed by atoms with van der Waals surface area (Å²) in [6, 6.07) is 0. The lowest BCUT2D eigenvalue weighted by Crippen LogP contribution is -2.05. The first kappa shape index (κ1) is 19.9.